The number of furan rings is 1. The van der Waals surface area contributed by atoms with Crippen LogP contribution >= 0.6 is 0 Å². The van der Waals surface area contributed by atoms with Crippen molar-refractivity contribution in [1.29, 1.82) is 0 Å². The largest absolute Gasteiger partial charge is 0.461 e. The molecule has 7 heteroatoms. The first-order valence-electron chi connectivity index (χ1n) is 8.47. The standard InChI is InChI=1S/C20H18FNO4S/c1-22-17(20(23)16-4-2-3-5-19(16)27(22,24)25)12-15-10-11-18(26-15)13-6-8-14(21)9-7-13/h2-11,17,20,23H,12H2,1H3. The number of halogens is 1. The lowest BCUT2D eigenvalue weighted by Crippen LogP contribution is -2.46. The summed E-state index contributed by atoms with van der Waals surface area (Å²) >= 11 is 0. The van der Waals surface area contributed by atoms with E-state index in [0.717, 1.165) is 5.56 Å². The van der Waals surface area contributed by atoms with Gasteiger partial charge in [-0.1, -0.05) is 18.2 Å². The first-order valence-corrected chi connectivity index (χ1v) is 9.91. The van der Waals surface area contributed by atoms with Crippen LogP contribution in [-0.4, -0.2) is 30.9 Å². The Kier molecular flexibility index (Phi) is 4.38. The van der Waals surface area contributed by atoms with Crippen LogP contribution in [0.4, 0.5) is 4.39 Å². The van der Waals surface area contributed by atoms with Gasteiger partial charge in [-0.15, -0.1) is 0 Å². The molecule has 0 aliphatic carbocycles. The highest BCUT2D eigenvalue weighted by Gasteiger charge is 2.41. The number of rotatable bonds is 3. The zero-order chi connectivity index (χ0) is 19.2. The van der Waals surface area contributed by atoms with Gasteiger partial charge in [0, 0.05) is 24.6 Å². The monoisotopic (exact) mass is 387 g/mol. The summed E-state index contributed by atoms with van der Waals surface area (Å²) in [5.74, 6) is 0.766. The molecule has 3 aromatic rings. The second-order valence-electron chi connectivity index (χ2n) is 6.55. The highest BCUT2D eigenvalue weighted by molar-refractivity contribution is 7.89. The maximum atomic E-state index is 13.1. The zero-order valence-electron chi connectivity index (χ0n) is 14.5. The zero-order valence-corrected chi connectivity index (χ0v) is 15.4. The molecule has 2 unspecified atom stereocenters. The molecule has 0 spiro atoms. The predicted molar refractivity (Wildman–Crippen MR) is 97.9 cm³/mol. The van der Waals surface area contributed by atoms with Gasteiger partial charge in [0.05, 0.1) is 17.0 Å². The number of aliphatic hydroxyl groups excluding tert-OH is 1. The van der Waals surface area contributed by atoms with Crippen LogP contribution in [0, 0.1) is 5.82 Å². The van der Waals surface area contributed by atoms with E-state index in [1.54, 1.807) is 42.5 Å². The van der Waals surface area contributed by atoms with Gasteiger partial charge in [-0.2, -0.15) is 4.31 Å². The van der Waals surface area contributed by atoms with E-state index in [-0.39, 0.29) is 17.1 Å². The maximum absolute atomic E-state index is 13.1. The molecule has 0 amide bonds. The van der Waals surface area contributed by atoms with E-state index >= 15 is 0 Å². The Bertz CT molecular complexity index is 1080. The topological polar surface area (TPSA) is 70.8 Å². The molecule has 0 saturated carbocycles. The van der Waals surface area contributed by atoms with Crippen LogP contribution < -0.4 is 0 Å². The van der Waals surface area contributed by atoms with E-state index in [9.17, 15) is 17.9 Å². The third-order valence-corrected chi connectivity index (χ3v) is 6.88. The van der Waals surface area contributed by atoms with Gasteiger partial charge >= 0.3 is 0 Å². The Morgan fingerprint density at radius 1 is 1.07 bits per heavy atom. The SMILES string of the molecule is CN1C(Cc2ccc(-c3ccc(F)cc3)o2)C(O)c2ccccc2S1(=O)=O. The highest BCUT2D eigenvalue weighted by Crippen LogP contribution is 2.37. The number of sulfonamides is 1. The van der Waals surface area contributed by atoms with Crippen molar-refractivity contribution >= 4 is 10.0 Å². The molecule has 2 atom stereocenters. The van der Waals surface area contributed by atoms with E-state index in [1.165, 1.54) is 29.6 Å². The summed E-state index contributed by atoms with van der Waals surface area (Å²) in [7, 11) is -2.22. The lowest BCUT2D eigenvalue weighted by molar-refractivity contribution is 0.0864. The fourth-order valence-corrected chi connectivity index (χ4v) is 5.00. The molecule has 1 aliphatic rings. The number of hydrogen-bond donors (Lipinski definition) is 1. The van der Waals surface area contributed by atoms with Crippen LogP contribution in [0.1, 0.15) is 17.4 Å². The summed E-state index contributed by atoms with van der Waals surface area (Å²) in [5, 5.41) is 10.7. The Morgan fingerprint density at radius 2 is 1.78 bits per heavy atom. The quantitative estimate of drug-likeness (QED) is 0.748. The first kappa shape index (κ1) is 17.9. The van der Waals surface area contributed by atoms with Crippen molar-refractivity contribution in [2.75, 3.05) is 7.05 Å². The van der Waals surface area contributed by atoms with E-state index in [0.29, 0.717) is 17.1 Å². The number of nitrogens with zero attached hydrogens (tertiary/aromatic N) is 1. The van der Waals surface area contributed by atoms with Gasteiger partial charge in [0.1, 0.15) is 17.3 Å². The van der Waals surface area contributed by atoms with Crippen LogP contribution in [0.2, 0.25) is 0 Å². The lowest BCUT2D eigenvalue weighted by atomic mass is 9.98. The molecule has 2 aromatic carbocycles. The van der Waals surface area contributed by atoms with E-state index < -0.39 is 22.2 Å². The summed E-state index contributed by atoms with van der Waals surface area (Å²) in [5.41, 5.74) is 1.11. The van der Waals surface area contributed by atoms with Crippen molar-refractivity contribution in [2.45, 2.75) is 23.5 Å². The average Bonchev–Trinajstić information content (AvgIpc) is 3.13. The molecule has 0 saturated heterocycles. The second kappa shape index (κ2) is 6.60. The lowest BCUT2D eigenvalue weighted by Gasteiger charge is -2.36. The normalized spacial score (nSPS) is 21.7. The summed E-state index contributed by atoms with van der Waals surface area (Å²) in [6.07, 6.45) is -0.749. The van der Waals surface area contributed by atoms with Gasteiger partial charge in [-0.25, -0.2) is 12.8 Å². The minimum Gasteiger partial charge on any atom is -0.461 e. The number of aliphatic hydroxyl groups is 1. The van der Waals surface area contributed by atoms with E-state index in [2.05, 4.69) is 0 Å². The molecule has 2 heterocycles. The fourth-order valence-electron chi connectivity index (χ4n) is 3.40. The Morgan fingerprint density at radius 3 is 2.52 bits per heavy atom. The van der Waals surface area contributed by atoms with Gasteiger partial charge in [0.25, 0.3) is 0 Å². The molecule has 0 radical (unpaired) electrons. The van der Waals surface area contributed by atoms with Gasteiger partial charge in [0.2, 0.25) is 10.0 Å². The van der Waals surface area contributed by atoms with Crippen LogP contribution in [0.5, 0.6) is 0 Å². The molecule has 1 N–H and O–H groups in total. The fraction of sp³-hybridized carbons (Fsp3) is 0.200. The minimum atomic E-state index is -3.68. The minimum absolute atomic E-state index is 0.127. The van der Waals surface area contributed by atoms with Crippen molar-refractivity contribution in [3.63, 3.8) is 0 Å². The molecule has 0 bridgehead atoms. The number of hydrogen-bond acceptors (Lipinski definition) is 4. The Balaban J connectivity index is 1.64. The van der Waals surface area contributed by atoms with Crippen molar-refractivity contribution in [3.05, 3.63) is 77.8 Å². The molecule has 140 valence electrons. The van der Waals surface area contributed by atoms with Gasteiger partial charge < -0.3 is 9.52 Å². The molecule has 27 heavy (non-hydrogen) atoms. The second-order valence-corrected chi connectivity index (χ2v) is 8.51. The molecular weight excluding hydrogens is 369 g/mol. The van der Waals surface area contributed by atoms with Crippen molar-refractivity contribution < 1.29 is 22.3 Å². The van der Waals surface area contributed by atoms with Crippen molar-refractivity contribution in [3.8, 4) is 11.3 Å². The number of fused-ring (bicyclic) bond motifs is 1. The van der Waals surface area contributed by atoms with Crippen molar-refractivity contribution in [2.24, 2.45) is 0 Å². The third-order valence-electron chi connectivity index (χ3n) is 4.93. The Labute approximate surface area is 156 Å². The molecule has 0 fully saturated rings. The molecule has 4 rings (SSSR count). The van der Waals surface area contributed by atoms with Gasteiger partial charge in [-0.3, -0.25) is 0 Å². The van der Waals surface area contributed by atoms with E-state index in [4.69, 9.17) is 4.42 Å². The molecular formula is C20H18FNO4S. The van der Waals surface area contributed by atoms with Crippen LogP contribution in [0.25, 0.3) is 11.3 Å². The summed E-state index contributed by atoms with van der Waals surface area (Å²) in [6.45, 7) is 0. The predicted octanol–water partition coefficient (Wildman–Crippen LogP) is 3.36. The highest BCUT2D eigenvalue weighted by atomic mass is 32.2. The third kappa shape index (κ3) is 3.07. The molecule has 1 aromatic heterocycles. The van der Waals surface area contributed by atoms with Crippen LogP contribution in [0.3, 0.4) is 0 Å². The Hall–Kier alpha value is -2.48. The summed E-state index contributed by atoms with van der Waals surface area (Å²) in [6, 6.07) is 15.2. The van der Waals surface area contributed by atoms with Crippen LogP contribution in [0.15, 0.2) is 70.0 Å². The summed E-state index contributed by atoms with van der Waals surface area (Å²) in [4.78, 5) is 0.127. The average molecular weight is 387 g/mol. The van der Waals surface area contributed by atoms with Crippen LogP contribution in [-0.2, 0) is 16.4 Å². The smallest absolute Gasteiger partial charge is 0.243 e. The summed E-state index contributed by atoms with van der Waals surface area (Å²) < 4.78 is 45.6. The number of likely N-dealkylation sites (N-methyl/N-ethyl adjacent to an activating group) is 1. The first-order chi connectivity index (χ1) is 12.9. The van der Waals surface area contributed by atoms with Gasteiger partial charge in [-0.05, 0) is 42.5 Å². The van der Waals surface area contributed by atoms with Gasteiger partial charge in [0.15, 0.2) is 0 Å². The van der Waals surface area contributed by atoms with Crippen molar-refractivity contribution in [1.82, 2.24) is 4.31 Å². The molecule has 5 nitrogen and oxygen atoms in total. The maximum Gasteiger partial charge on any atom is 0.243 e. The molecule has 1 aliphatic heterocycles. The number of benzene rings is 2. The van der Waals surface area contributed by atoms with E-state index in [1.807, 2.05) is 0 Å².